The van der Waals surface area contributed by atoms with Crippen LogP contribution in [0.1, 0.15) is 6.42 Å². The van der Waals surface area contributed by atoms with Gasteiger partial charge in [0.1, 0.15) is 11.4 Å². The highest BCUT2D eigenvalue weighted by molar-refractivity contribution is 7.99. The first-order chi connectivity index (χ1) is 14.1. The minimum Gasteiger partial charge on any atom is -0.463 e. The van der Waals surface area contributed by atoms with Crippen LogP contribution < -0.4 is 5.32 Å². The van der Waals surface area contributed by atoms with Crippen molar-refractivity contribution in [3.05, 3.63) is 65.0 Å². The molecule has 3 heterocycles. The van der Waals surface area contributed by atoms with Crippen LogP contribution in [0.4, 0.5) is 5.69 Å². The maximum atomic E-state index is 12.2. The van der Waals surface area contributed by atoms with Crippen molar-refractivity contribution in [1.29, 1.82) is 0 Å². The van der Waals surface area contributed by atoms with Gasteiger partial charge >= 0.3 is 0 Å². The van der Waals surface area contributed by atoms with E-state index in [1.54, 1.807) is 42.9 Å². The molecule has 0 saturated heterocycles. The van der Waals surface area contributed by atoms with E-state index in [1.165, 1.54) is 11.8 Å². The lowest BCUT2D eigenvalue weighted by atomic mass is 10.2. The molecule has 0 atom stereocenters. The number of carbonyl (C=O) groups is 1. The van der Waals surface area contributed by atoms with Crippen molar-refractivity contribution in [2.75, 3.05) is 11.1 Å². The standard InChI is InChI=1S/C20H15Cl2N3O3S/c21-12-5-6-13(22)14(11-12)23-17(26)7-10-29-20-24-18(15-3-1-8-27-15)19(25-20)16-4-2-9-28-16/h1-6,8-9,11H,7,10H2,(H,23,26)(H,24,25). The lowest BCUT2D eigenvalue weighted by Gasteiger charge is -2.07. The molecule has 0 aliphatic heterocycles. The first-order valence-electron chi connectivity index (χ1n) is 8.65. The number of halogens is 2. The predicted molar refractivity (Wildman–Crippen MR) is 114 cm³/mol. The number of nitrogens with one attached hydrogen (secondary N) is 2. The molecule has 6 nitrogen and oxygen atoms in total. The van der Waals surface area contributed by atoms with Gasteiger partial charge < -0.3 is 19.1 Å². The summed E-state index contributed by atoms with van der Waals surface area (Å²) >= 11 is 13.4. The molecule has 1 amide bonds. The second-order valence-electron chi connectivity index (χ2n) is 5.99. The molecule has 148 valence electrons. The molecule has 3 aromatic heterocycles. The number of rotatable bonds is 7. The van der Waals surface area contributed by atoms with E-state index in [1.807, 2.05) is 12.1 Å². The van der Waals surface area contributed by atoms with Gasteiger partial charge in [-0.1, -0.05) is 35.0 Å². The zero-order valence-electron chi connectivity index (χ0n) is 14.9. The minimum absolute atomic E-state index is 0.161. The summed E-state index contributed by atoms with van der Waals surface area (Å²) < 4.78 is 11.0. The molecule has 0 radical (unpaired) electrons. The highest BCUT2D eigenvalue weighted by Gasteiger charge is 2.18. The summed E-state index contributed by atoms with van der Waals surface area (Å²) in [6.07, 6.45) is 3.47. The zero-order valence-corrected chi connectivity index (χ0v) is 17.3. The zero-order chi connectivity index (χ0) is 20.2. The number of aromatic amines is 1. The Kier molecular flexibility index (Phi) is 5.99. The third kappa shape index (κ3) is 4.70. The Hall–Kier alpha value is -2.61. The molecule has 0 aliphatic rings. The fourth-order valence-electron chi connectivity index (χ4n) is 2.66. The van der Waals surface area contributed by atoms with Gasteiger partial charge in [0.05, 0.1) is 23.2 Å². The smallest absolute Gasteiger partial charge is 0.225 e. The Morgan fingerprint density at radius 3 is 2.59 bits per heavy atom. The van der Waals surface area contributed by atoms with Gasteiger partial charge in [-0.05, 0) is 42.5 Å². The Morgan fingerprint density at radius 2 is 1.86 bits per heavy atom. The fourth-order valence-corrected chi connectivity index (χ4v) is 3.80. The minimum atomic E-state index is -0.161. The Balaban J connectivity index is 1.42. The van der Waals surface area contributed by atoms with Crippen LogP contribution in [-0.4, -0.2) is 21.6 Å². The molecular formula is C20H15Cl2N3O3S. The second kappa shape index (κ2) is 8.82. The van der Waals surface area contributed by atoms with Crippen LogP contribution in [0.5, 0.6) is 0 Å². The molecular weight excluding hydrogens is 433 g/mol. The molecule has 0 bridgehead atoms. The summed E-state index contributed by atoms with van der Waals surface area (Å²) in [5, 5.41) is 4.38. The number of H-pyrrole nitrogens is 1. The SMILES string of the molecule is O=C(CCSc1nc(-c2ccco2)c(-c2ccco2)[nH]1)Nc1cc(Cl)ccc1Cl. The van der Waals surface area contributed by atoms with Gasteiger partial charge in [-0.25, -0.2) is 4.98 Å². The Labute approximate surface area is 180 Å². The molecule has 0 spiro atoms. The molecule has 2 N–H and O–H groups in total. The number of aromatic nitrogens is 2. The van der Waals surface area contributed by atoms with Crippen LogP contribution >= 0.6 is 35.0 Å². The lowest BCUT2D eigenvalue weighted by molar-refractivity contribution is -0.115. The highest BCUT2D eigenvalue weighted by Crippen LogP contribution is 2.33. The number of nitrogens with zero attached hydrogens (tertiary/aromatic N) is 1. The van der Waals surface area contributed by atoms with Gasteiger partial charge in [0, 0.05) is 17.2 Å². The highest BCUT2D eigenvalue weighted by atomic mass is 35.5. The predicted octanol–water partition coefficient (Wildman–Crippen LogP) is 6.36. The number of hydrogen-bond donors (Lipinski definition) is 2. The maximum absolute atomic E-state index is 12.2. The van der Waals surface area contributed by atoms with Crippen molar-refractivity contribution in [3.63, 3.8) is 0 Å². The van der Waals surface area contributed by atoms with Crippen LogP contribution in [0, 0.1) is 0 Å². The van der Waals surface area contributed by atoms with Gasteiger partial charge in [-0.3, -0.25) is 4.79 Å². The van der Waals surface area contributed by atoms with Crippen LogP contribution in [-0.2, 0) is 4.79 Å². The number of hydrogen-bond acceptors (Lipinski definition) is 5. The fraction of sp³-hybridized carbons (Fsp3) is 0.100. The van der Waals surface area contributed by atoms with E-state index in [-0.39, 0.29) is 12.3 Å². The lowest BCUT2D eigenvalue weighted by Crippen LogP contribution is -2.12. The molecule has 0 fully saturated rings. The molecule has 0 saturated carbocycles. The van der Waals surface area contributed by atoms with E-state index in [0.717, 1.165) is 5.69 Å². The first-order valence-corrected chi connectivity index (χ1v) is 10.4. The number of anilines is 1. The average Bonchev–Trinajstić information content (AvgIpc) is 3.45. The number of thioether (sulfide) groups is 1. The number of amides is 1. The van der Waals surface area contributed by atoms with E-state index in [2.05, 4.69) is 15.3 Å². The third-order valence-corrected chi connectivity index (χ3v) is 5.41. The molecule has 0 aliphatic carbocycles. The van der Waals surface area contributed by atoms with E-state index < -0.39 is 0 Å². The quantitative estimate of drug-likeness (QED) is 0.322. The molecule has 1 aromatic carbocycles. The Morgan fingerprint density at radius 1 is 1.10 bits per heavy atom. The van der Waals surface area contributed by atoms with Gasteiger partial charge in [0.25, 0.3) is 0 Å². The topological polar surface area (TPSA) is 84.1 Å². The van der Waals surface area contributed by atoms with E-state index in [9.17, 15) is 4.79 Å². The molecule has 4 rings (SSSR count). The number of benzene rings is 1. The van der Waals surface area contributed by atoms with Gasteiger partial charge in [-0.2, -0.15) is 0 Å². The summed E-state index contributed by atoms with van der Waals surface area (Å²) in [7, 11) is 0. The first kappa shape index (κ1) is 19.7. The number of furan rings is 2. The summed E-state index contributed by atoms with van der Waals surface area (Å²) in [4.78, 5) is 20.1. The van der Waals surface area contributed by atoms with E-state index in [4.69, 9.17) is 32.0 Å². The van der Waals surface area contributed by atoms with Crippen molar-refractivity contribution in [2.24, 2.45) is 0 Å². The summed E-state index contributed by atoms with van der Waals surface area (Å²) in [5.74, 6) is 1.65. The average molecular weight is 448 g/mol. The van der Waals surface area contributed by atoms with Crippen molar-refractivity contribution in [2.45, 2.75) is 11.6 Å². The van der Waals surface area contributed by atoms with E-state index >= 15 is 0 Å². The van der Waals surface area contributed by atoms with Gasteiger partial charge in [-0.15, -0.1) is 0 Å². The summed E-state index contributed by atoms with van der Waals surface area (Å²) in [6.45, 7) is 0. The van der Waals surface area contributed by atoms with Crippen molar-refractivity contribution in [3.8, 4) is 22.9 Å². The second-order valence-corrected chi connectivity index (χ2v) is 7.92. The molecule has 29 heavy (non-hydrogen) atoms. The largest absolute Gasteiger partial charge is 0.463 e. The summed E-state index contributed by atoms with van der Waals surface area (Å²) in [5.41, 5.74) is 1.87. The number of imidazole rings is 1. The van der Waals surface area contributed by atoms with Crippen LogP contribution in [0.15, 0.2) is 69.0 Å². The van der Waals surface area contributed by atoms with Crippen molar-refractivity contribution < 1.29 is 13.6 Å². The normalized spacial score (nSPS) is 11.0. The molecule has 4 aromatic rings. The van der Waals surface area contributed by atoms with Gasteiger partial charge in [0.2, 0.25) is 5.91 Å². The molecule has 9 heteroatoms. The monoisotopic (exact) mass is 447 g/mol. The van der Waals surface area contributed by atoms with Crippen LogP contribution in [0.25, 0.3) is 22.9 Å². The van der Waals surface area contributed by atoms with E-state index in [0.29, 0.717) is 43.9 Å². The van der Waals surface area contributed by atoms with Crippen molar-refractivity contribution in [1.82, 2.24) is 9.97 Å². The van der Waals surface area contributed by atoms with Gasteiger partial charge in [0.15, 0.2) is 16.7 Å². The summed E-state index contributed by atoms with van der Waals surface area (Å²) in [6, 6.07) is 12.2. The maximum Gasteiger partial charge on any atom is 0.225 e. The van der Waals surface area contributed by atoms with Crippen molar-refractivity contribution >= 4 is 46.6 Å². The van der Waals surface area contributed by atoms with Crippen LogP contribution in [0.3, 0.4) is 0 Å². The Bertz CT molecular complexity index is 1060. The third-order valence-electron chi connectivity index (χ3n) is 3.97. The van der Waals surface area contributed by atoms with Crippen LogP contribution in [0.2, 0.25) is 10.0 Å². The molecule has 0 unspecified atom stereocenters. The number of carbonyl (C=O) groups excluding carboxylic acids is 1.